The molecule has 2 aromatic heterocycles. The topological polar surface area (TPSA) is 63.8 Å². The predicted octanol–water partition coefficient (Wildman–Crippen LogP) is 2.83. The van der Waals surface area contributed by atoms with Crippen molar-refractivity contribution in [3.8, 4) is 0 Å². The number of benzene rings is 1. The summed E-state index contributed by atoms with van der Waals surface area (Å²) < 4.78 is 0. The van der Waals surface area contributed by atoms with Gasteiger partial charge in [0.25, 0.3) is 0 Å². The molecule has 3 N–H and O–H groups in total. The minimum absolute atomic E-state index is 0.0789. The van der Waals surface area contributed by atoms with Gasteiger partial charge < -0.3 is 11.1 Å². The highest BCUT2D eigenvalue weighted by Gasteiger charge is 2.20. The molecule has 1 unspecified atom stereocenters. The Morgan fingerprint density at radius 1 is 1.05 bits per heavy atom. The largest absolute Gasteiger partial charge is 0.383 e. The van der Waals surface area contributed by atoms with Gasteiger partial charge in [0.05, 0.1) is 11.7 Å². The number of nitrogens with two attached hydrogens (primary N) is 1. The number of aromatic nitrogens is 2. The first-order valence-electron chi connectivity index (χ1n) is 6.94. The number of hydrogen-bond donors (Lipinski definition) is 2. The van der Waals surface area contributed by atoms with Gasteiger partial charge in [-0.1, -0.05) is 24.3 Å². The number of aryl methyl sites for hydroxylation is 1. The van der Waals surface area contributed by atoms with Gasteiger partial charge in [-0.05, 0) is 37.1 Å². The minimum Gasteiger partial charge on any atom is -0.383 e. The van der Waals surface area contributed by atoms with E-state index in [9.17, 15) is 0 Å². The van der Waals surface area contributed by atoms with Gasteiger partial charge in [-0.3, -0.25) is 4.98 Å². The third-order valence-corrected chi connectivity index (χ3v) is 3.79. The summed E-state index contributed by atoms with van der Waals surface area (Å²) in [6, 6.07) is 12.1. The van der Waals surface area contributed by atoms with Crippen LogP contribution in [-0.2, 0) is 0 Å². The van der Waals surface area contributed by atoms with Crippen molar-refractivity contribution in [2.45, 2.75) is 13.0 Å². The lowest BCUT2D eigenvalue weighted by Crippen LogP contribution is -2.22. The first kappa shape index (κ1) is 13.5. The summed E-state index contributed by atoms with van der Waals surface area (Å²) in [7, 11) is 1.92. The Bertz CT molecular complexity index is 757. The first-order chi connectivity index (χ1) is 10.2. The predicted molar refractivity (Wildman–Crippen MR) is 86.0 cm³/mol. The fourth-order valence-electron chi connectivity index (χ4n) is 2.76. The molecular weight excluding hydrogens is 260 g/mol. The summed E-state index contributed by atoms with van der Waals surface area (Å²) >= 11 is 0. The van der Waals surface area contributed by atoms with Gasteiger partial charge in [0, 0.05) is 23.3 Å². The van der Waals surface area contributed by atoms with Crippen LogP contribution in [0.1, 0.15) is 22.9 Å². The molecule has 4 heteroatoms. The maximum Gasteiger partial charge on any atom is 0.128 e. The van der Waals surface area contributed by atoms with Crippen molar-refractivity contribution in [1.82, 2.24) is 15.3 Å². The zero-order valence-corrected chi connectivity index (χ0v) is 12.2. The van der Waals surface area contributed by atoms with Gasteiger partial charge >= 0.3 is 0 Å². The quantitative estimate of drug-likeness (QED) is 0.773. The number of rotatable bonds is 3. The Labute approximate surface area is 124 Å². The monoisotopic (exact) mass is 278 g/mol. The highest BCUT2D eigenvalue weighted by atomic mass is 14.9. The van der Waals surface area contributed by atoms with E-state index < -0.39 is 0 Å². The van der Waals surface area contributed by atoms with Crippen molar-refractivity contribution in [3.63, 3.8) is 0 Å². The van der Waals surface area contributed by atoms with E-state index in [2.05, 4.69) is 27.4 Å². The Balaban J connectivity index is 2.24. The number of hydrogen-bond acceptors (Lipinski definition) is 4. The molecule has 0 saturated heterocycles. The average molecular weight is 278 g/mol. The van der Waals surface area contributed by atoms with Crippen molar-refractivity contribution < 1.29 is 0 Å². The van der Waals surface area contributed by atoms with Crippen molar-refractivity contribution >= 4 is 16.6 Å². The van der Waals surface area contributed by atoms with Gasteiger partial charge in [-0.15, -0.1) is 0 Å². The standard InChI is InChI=1S/C17H18N4/c1-11-7-9-21-17(18)14(11)16(19-2)15-13-6-4-3-5-12(13)8-10-20-15/h3-10,16,19H,1-2H3,(H2,18,21). The molecule has 0 amide bonds. The van der Waals surface area contributed by atoms with Gasteiger partial charge in [0.1, 0.15) is 5.82 Å². The summed E-state index contributed by atoms with van der Waals surface area (Å²) in [5.74, 6) is 0.545. The molecule has 0 aliphatic heterocycles. The number of nitrogens with zero attached hydrogens (tertiary/aromatic N) is 2. The number of nitrogens with one attached hydrogen (secondary N) is 1. The van der Waals surface area contributed by atoms with Crippen LogP contribution in [0.3, 0.4) is 0 Å². The molecule has 1 aromatic carbocycles. The molecule has 106 valence electrons. The lowest BCUT2D eigenvalue weighted by molar-refractivity contribution is 0.673. The minimum atomic E-state index is -0.0789. The first-order valence-corrected chi connectivity index (χ1v) is 6.94. The Morgan fingerprint density at radius 2 is 1.81 bits per heavy atom. The van der Waals surface area contributed by atoms with E-state index >= 15 is 0 Å². The highest BCUT2D eigenvalue weighted by Crippen LogP contribution is 2.31. The van der Waals surface area contributed by atoms with E-state index in [4.69, 9.17) is 5.73 Å². The number of anilines is 1. The molecule has 2 heterocycles. The number of fused-ring (bicyclic) bond motifs is 1. The molecule has 0 aliphatic rings. The second-order valence-electron chi connectivity index (χ2n) is 5.07. The zero-order chi connectivity index (χ0) is 14.8. The molecule has 4 nitrogen and oxygen atoms in total. The molecule has 3 rings (SSSR count). The zero-order valence-electron chi connectivity index (χ0n) is 12.2. The SMILES string of the molecule is CNC(c1c(C)ccnc1N)c1nccc2ccccc12. The Kier molecular flexibility index (Phi) is 3.54. The fourth-order valence-corrected chi connectivity index (χ4v) is 2.76. The Morgan fingerprint density at radius 3 is 2.57 bits per heavy atom. The molecule has 0 bridgehead atoms. The van der Waals surface area contributed by atoms with Gasteiger partial charge in [-0.25, -0.2) is 4.98 Å². The van der Waals surface area contributed by atoms with Crippen LogP contribution in [0.4, 0.5) is 5.82 Å². The van der Waals surface area contributed by atoms with Crippen LogP contribution in [0.2, 0.25) is 0 Å². The highest BCUT2D eigenvalue weighted by molar-refractivity contribution is 5.85. The molecule has 1 atom stereocenters. The fraction of sp³-hybridized carbons (Fsp3) is 0.176. The van der Waals surface area contributed by atoms with Gasteiger partial charge in [0.15, 0.2) is 0 Å². The molecule has 0 fully saturated rings. The lowest BCUT2D eigenvalue weighted by Gasteiger charge is -2.21. The molecule has 0 aliphatic carbocycles. The van der Waals surface area contributed by atoms with Crippen LogP contribution in [0.25, 0.3) is 10.8 Å². The van der Waals surface area contributed by atoms with Crippen molar-refractivity contribution in [1.29, 1.82) is 0 Å². The van der Waals surface area contributed by atoms with Crippen LogP contribution in [0, 0.1) is 6.92 Å². The smallest absolute Gasteiger partial charge is 0.128 e. The summed E-state index contributed by atoms with van der Waals surface area (Å²) in [5.41, 5.74) is 9.17. The van der Waals surface area contributed by atoms with E-state index in [1.54, 1.807) is 6.20 Å². The maximum atomic E-state index is 6.10. The van der Waals surface area contributed by atoms with Crippen molar-refractivity contribution in [2.24, 2.45) is 0 Å². The van der Waals surface area contributed by atoms with E-state index in [-0.39, 0.29) is 6.04 Å². The second kappa shape index (κ2) is 5.50. The van der Waals surface area contributed by atoms with E-state index in [1.807, 2.05) is 44.4 Å². The molecular formula is C17H18N4. The summed E-state index contributed by atoms with van der Waals surface area (Å²) in [5, 5.41) is 5.62. The van der Waals surface area contributed by atoms with E-state index in [0.29, 0.717) is 5.82 Å². The third kappa shape index (κ3) is 2.34. The van der Waals surface area contributed by atoms with Crippen LogP contribution < -0.4 is 11.1 Å². The second-order valence-corrected chi connectivity index (χ2v) is 5.07. The van der Waals surface area contributed by atoms with E-state index in [1.165, 1.54) is 5.39 Å². The lowest BCUT2D eigenvalue weighted by atomic mass is 9.96. The van der Waals surface area contributed by atoms with Gasteiger partial charge in [0.2, 0.25) is 0 Å². The summed E-state index contributed by atoms with van der Waals surface area (Å²) in [6.07, 6.45) is 3.57. The van der Waals surface area contributed by atoms with Crippen LogP contribution in [0.5, 0.6) is 0 Å². The van der Waals surface area contributed by atoms with Gasteiger partial charge in [-0.2, -0.15) is 0 Å². The third-order valence-electron chi connectivity index (χ3n) is 3.79. The van der Waals surface area contributed by atoms with Crippen LogP contribution >= 0.6 is 0 Å². The normalized spacial score (nSPS) is 12.5. The maximum absolute atomic E-state index is 6.10. The molecule has 3 aromatic rings. The number of nitrogen functional groups attached to an aromatic ring is 1. The molecule has 0 spiro atoms. The Hall–Kier alpha value is -2.46. The van der Waals surface area contributed by atoms with Crippen LogP contribution in [-0.4, -0.2) is 17.0 Å². The summed E-state index contributed by atoms with van der Waals surface area (Å²) in [6.45, 7) is 2.04. The summed E-state index contributed by atoms with van der Waals surface area (Å²) in [4.78, 5) is 8.82. The molecule has 21 heavy (non-hydrogen) atoms. The molecule has 0 saturated carbocycles. The van der Waals surface area contributed by atoms with Crippen LogP contribution in [0.15, 0.2) is 48.8 Å². The van der Waals surface area contributed by atoms with E-state index in [0.717, 1.165) is 22.2 Å². The van der Waals surface area contributed by atoms with Crippen molar-refractivity contribution in [3.05, 3.63) is 65.6 Å². The average Bonchev–Trinajstić information content (AvgIpc) is 2.51. The van der Waals surface area contributed by atoms with Crippen molar-refractivity contribution in [2.75, 3.05) is 12.8 Å². The number of pyridine rings is 2. The molecule has 0 radical (unpaired) electrons.